The van der Waals surface area contributed by atoms with Crippen LogP contribution >= 0.6 is 11.3 Å². The quantitative estimate of drug-likeness (QED) is 0.805. The minimum absolute atomic E-state index is 0.789. The van der Waals surface area contributed by atoms with Crippen molar-refractivity contribution >= 4 is 11.3 Å². The van der Waals surface area contributed by atoms with E-state index in [0.717, 1.165) is 24.4 Å². The molecule has 3 heteroatoms. The molecular formula is C13H16N2S. The number of unbranched alkanes of at least 4 members (excludes halogenated alkanes) is 1. The van der Waals surface area contributed by atoms with Crippen molar-refractivity contribution in [2.75, 3.05) is 6.54 Å². The van der Waals surface area contributed by atoms with E-state index in [9.17, 15) is 0 Å². The molecule has 2 aromatic rings. The third-order valence-corrected chi connectivity index (χ3v) is 3.37. The number of nitrogens with two attached hydrogens (primary N) is 1. The van der Waals surface area contributed by atoms with Gasteiger partial charge in [0.05, 0.1) is 0 Å². The Bertz CT molecular complexity index is 406. The van der Waals surface area contributed by atoms with Gasteiger partial charge in [0.25, 0.3) is 0 Å². The van der Waals surface area contributed by atoms with Gasteiger partial charge in [-0.25, -0.2) is 4.98 Å². The minimum atomic E-state index is 0.789. The van der Waals surface area contributed by atoms with Crippen LogP contribution in [0.2, 0.25) is 0 Å². The van der Waals surface area contributed by atoms with Gasteiger partial charge in [-0.3, -0.25) is 0 Å². The lowest BCUT2D eigenvalue weighted by molar-refractivity contribution is 0.745. The fraction of sp³-hybridized carbons (Fsp3) is 0.308. The second-order valence-corrected chi connectivity index (χ2v) is 4.67. The normalized spacial score (nSPS) is 10.6. The Morgan fingerprint density at radius 3 is 2.56 bits per heavy atom. The molecule has 2 N–H and O–H groups in total. The molecule has 84 valence electrons. The highest BCUT2D eigenvalue weighted by Gasteiger charge is 1.99. The van der Waals surface area contributed by atoms with Gasteiger partial charge >= 0.3 is 0 Å². The maximum atomic E-state index is 5.47. The molecule has 2 rings (SSSR count). The van der Waals surface area contributed by atoms with Gasteiger partial charge in [-0.05, 0) is 31.4 Å². The Morgan fingerprint density at radius 2 is 1.94 bits per heavy atom. The highest BCUT2D eigenvalue weighted by atomic mass is 32.1. The number of aryl methyl sites for hydroxylation is 1. The van der Waals surface area contributed by atoms with Gasteiger partial charge in [-0.15, -0.1) is 11.3 Å². The summed E-state index contributed by atoms with van der Waals surface area (Å²) in [6.45, 7) is 0.789. The second kappa shape index (κ2) is 5.77. The van der Waals surface area contributed by atoms with Crippen LogP contribution in [0.15, 0.2) is 35.8 Å². The Kier molecular flexibility index (Phi) is 4.08. The maximum Gasteiger partial charge on any atom is 0.123 e. The summed E-state index contributed by atoms with van der Waals surface area (Å²) in [4.78, 5) is 4.29. The predicted molar refractivity (Wildman–Crippen MR) is 69.5 cm³/mol. The number of nitrogens with zero attached hydrogens (tertiary/aromatic N) is 1. The average Bonchev–Trinajstić information content (AvgIpc) is 2.84. The molecule has 0 unspecified atom stereocenters. The molecule has 0 amide bonds. The first-order valence-corrected chi connectivity index (χ1v) is 6.47. The van der Waals surface area contributed by atoms with Crippen molar-refractivity contribution in [1.82, 2.24) is 4.98 Å². The molecule has 2 nitrogen and oxygen atoms in total. The molecule has 0 radical (unpaired) electrons. The summed E-state index contributed by atoms with van der Waals surface area (Å²) in [6, 6.07) is 8.67. The van der Waals surface area contributed by atoms with Crippen LogP contribution in [-0.4, -0.2) is 11.5 Å². The summed E-state index contributed by atoms with van der Waals surface area (Å²) in [5.41, 5.74) is 8.06. The van der Waals surface area contributed by atoms with Gasteiger partial charge in [0.15, 0.2) is 0 Å². The number of hydrogen-bond acceptors (Lipinski definition) is 3. The molecule has 0 atom stereocenters. The first-order chi connectivity index (χ1) is 7.90. The summed E-state index contributed by atoms with van der Waals surface area (Å²) in [5.74, 6) is 0. The van der Waals surface area contributed by atoms with Crippen molar-refractivity contribution in [2.24, 2.45) is 5.73 Å². The topological polar surface area (TPSA) is 38.9 Å². The van der Waals surface area contributed by atoms with Gasteiger partial charge in [0.1, 0.15) is 5.01 Å². The first kappa shape index (κ1) is 11.3. The third-order valence-electron chi connectivity index (χ3n) is 2.55. The Balaban J connectivity index is 2.00. The van der Waals surface area contributed by atoms with Crippen LogP contribution in [0.25, 0.3) is 10.6 Å². The van der Waals surface area contributed by atoms with Crippen LogP contribution in [0.5, 0.6) is 0 Å². The Morgan fingerprint density at radius 1 is 1.12 bits per heavy atom. The van der Waals surface area contributed by atoms with Crippen LogP contribution in [0.3, 0.4) is 0 Å². The van der Waals surface area contributed by atoms with E-state index in [-0.39, 0.29) is 0 Å². The number of benzene rings is 1. The van der Waals surface area contributed by atoms with E-state index in [0.29, 0.717) is 0 Å². The molecule has 0 bridgehead atoms. The van der Waals surface area contributed by atoms with Crippen LogP contribution in [-0.2, 0) is 6.42 Å². The molecule has 0 saturated carbocycles. The molecule has 0 fully saturated rings. The first-order valence-electron chi connectivity index (χ1n) is 5.59. The summed E-state index contributed by atoms with van der Waals surface area (Å²) >= 11 is 1.68. The summed E-state index contributed by atoms with van der Waals surface area (Å²) < 4.78 is 0. The molecule has 1 heterocycles. The highest BCUT2D eigenvalue weighted by molar-refractivity contribution is 7.13. The fourth-order valence-electron chi connectivity index (χ4n) is 1.65. The lowest BCUT2D eigenvalue weighted by Gasteiger charge is -2.01. The zero-order chi connectivity index (χ0) is 11.2. The van der Waals surface area contributed by atoms with Crippen LogP contribution in [0.1, 0.15) is 18.4 Å². The largest absolute Gasteiger partial charge is 0.330 e. The average molecular weight is 232 g/mol. The van der Waals surface area contributed by atoms with Crippen molar-refractivity contribution in [3.8, 4) is 10.6 Å². The monoisotopic (exact) mass is 232 g/mol. The summed E-state index contributed by atoms with van der Waals surface area (Å²) in [7, 11) is 0. The van der Waals surface area contributed by atoms with Crippen molar-refractivity contribution in [1.29, 1.82) is 0 Å². The zero-order valence-corrected chi connectivity index (χ0v) is 10.0. The van der Waals surface area contributed by atoms with Gasteiger partial charge < -0.3 is 5.73 Å². The number of rotatable bonds is 5. The van der Waals surface area contributed by atoms with E-state index in [1.165, 1.54) is 17.5 Å². The molecule has 1 aromatic carbocycles. The van der Waals surface area contributed by atoms with E-state index < -0.39 is 0 Å². The second-order valence-electron chi connectivity index (χ2n) is 3.78. The van der Waals surface area contributed by atoms with Gasteiger partial charge in [0, 0.05) is 17.1 Å². The number of aromatic nitrogens is 1. The number of hydrogen-bond donors (Lipinski definition) is 1. The summed E-state index contributed by atoms with van der Waals surface area (Å²) in [6.07, 6.45) is 5.24. The molecule has 0 aliphatic rings. The van der Waals surface area contributed by atoms with Crippen LogP contribution in [0, 0.1) is 0 Å². The lowest BCUT2D eigenvalue weighted by atomic mass is 10.1. The molecule has 0 aliphatic heterocycles. The van der Waals surface area contributed by atoms with E-state index in [1.54, 1.807) is 11.3 Å². The van der Waals surface area contributed by atoms with Gasteiger partial charge in [-0.2, -0.15) is 0 Å². The van der Waals surface area contributed by atoms with Gasteiger partial charge in [-0.1, -0.05) is 24.3 Å². The number of thiazole rings is 1. The maximum absolute atomic E-state index is 5.47. The summed E-state index contributed by atoms with van der Waals surface area (Å²) in [5, 5.41) is 3.10. The van der Waals surface area contributed by atoms with E-state index in [4.69, 9.17) is 5.73 Å². The zero-order valence-electron chi connectivity index (χ0n) is 9.23. The van der Waals surface area contributed by atoms with Crippen molar-refractivity contribution in [3.05, 3.63) is 41.4 Å². The predicted octanol–water partition coefficient (Wildman–Crippen LogP) is 3.09. The fourth-order valence-corrected chi connectivity index (χ4v) is 2.30. The van der Waals surface area contributed by atoms with Crippen molar-refractivity contribution in [3.63, 3.8) is 0 Å². The molecular weight excluding hydrogens is 216 g/mol. The molecule has 16 heavy (non-hydrogen) atoms. The Labute approximate surface area is 100 Å². The molecule has 1 aromatic heterocycles. The van der Waals surface area contributed by atoms with E-state index in [2.05, 4.69) is 29.2 Å². The molecule has 0 saturated heterocycles. The lowest BCUT2D eigenvalue weighted by Crippen LogP contribution is -1.98. The molecule has 0 spiro atoms. The molecule has 0 aliphatic carbocycles. The standard InChI is InChI=1S/C13H16N2S/c14-8-2-1-3-11-4-6-12(7-5-11)13-15-9-10-16-13/h4-7,9-10H,1-3,8,14H2. The Hall–Kier alpha value is -1.19. The van der Waals surface area contributed by atoms with Gasteiger partial charge in [0.2, 0.25) is 0 Å². The SMILES string of the molecule is NCCCCc1ccc(-c2nccs2)cc1. The van der Waals surface area contributed by atoms with E-state index >= 15 is 0 Å². The van der Waals surface area contributed by atoms with E-state index in [1.807, 2.05) is 11.6 Å². The van der Waals surface area contributed by atoms with Crippen molar-refractivity contribution < 1.29 is 0 Å². The third kappa shape index (κ3) is 2.90. The van der Waals surface area contributed by atoms with Crippen LogP contribution in [0.4, 0.5) is 0 Å². The smallest absolute Gasteiger partial charge is 0.123 e. The highest BCUT2D eigenvalue weighted by Crippen LogP contribution is 2.22. The minimum Gasteiger partial charge on any atom is -0.330 e. The van der Waals surface area contributed by atoms with Crippen molar-refractivity contribution in [2.45, 2.75) is 19.3 Å². The van der Waals surface area contributed by atoms with Crippen LogP contribution < -0.4 is 5.73 Å².